The number of nitrogens with one attached hydrogen (secondary N) is 1. The van der Waals surface area contributed by atoms with E-state index in [1.807, 2.05) is 6.07 Å². The number of aromatic amines is 1. The molecular formula is C16H13FN2O2. The summed E-state index contributed by atoms with van der Waals surface area (Å²) in [6.45, 7) is 0. The minimum atomic E-state index is -0.599. The van der Waals surface area contributed by atoms with Gasteiger partial charge in [-0.1, -0.05) is 0 Å². The van der Waals surface area contributed by atoms with Crippen molar-refractivity contribution in [2.24, 2.45) is 0 Å². The van der Waals surface area contributed by atoms with Gasteiger partial charge in [-0.15, -0.1) is 0 Å². The lowest BCUT2D eigenvalue weighted by molar-refractivity contribution is 0.104. The molecular weight excluding hydrogens is 271 g/mol. The van der Waals surface area contributed by atoms with E-state index >= 15 is 0 Å². The van der Waals surface area contributed by atoms with Gasteiger partial charge in [0.25, 0.3) is 0 Å². The van der Waals surface area contributed by atoms with Crippen LogP contribution >= 0.6 is 0 Å². The largest absolute Gasteiger partial charge is 0.497 e. The molecule has 2 aromatic carbocycles. The second-order valence-corrected chi connectivity index (χ2v) is 4.68. The van der Waals surface area contributed by atoms with Crippen LogP contribution in [0.15, 0.2) is 42.6 Å². The number of methoxy groups -OCH3 is 1. The van der Waals surface area contributed by atoms with Crippen molar-refractivity contribution in [3.63, 3.8) is 0 Å². The quantitative estimate of drug-likeness (QED) is 0.573. The van der Waals surface area contributed by atoms with Gasteiger partial charge in [0.1, 0.15) is 11.6 Å². The van der Waals surface area contributed by atoms with Crippen molar-refractivity contribution in [2.75, 3.05) is 12.8 Å². The van der Waals surface area contributed by atoms with E-state index < -0.39 is 5.82 Å². The first-order chi connectivity index (χ1) is 10.1. The van der Waals surface area contributed by atoms with Crippen LogP contribution in [-0.4, -0.2) is 17.9 Å². The first-order valence-electron chi connectivity index (χ1n) is 6.35. The van der Waals surface area contributed by atoms with Gasteiger partial charge < -0.3 is 15.5 Å². The van der Waals surface area contributed by atoms with Crippen LogP contribution in [-0.2, 0) is 0 Å². The van der Waals surface area contributed by atoms with Gasteiger partial charge in [0.05, 0.1) is 12.8 Å². The number of carbonyl (C=O) groups excluding carboxylic acids is 1. The SMILES string of the molecule is COc1ccc2[nH]cc(C(=O)c3ccc(N)c(F)c3)c2c1. The number of H-pyrrole nitrogens is 1. The lowest BCUT2D eigenvalue weighted by Crippen LogP contribution is -2.02. The maximum Gasteiger partial charge on any atom is 0.195 e. The van der Waals surface area contributed by atoms with Crippen LogP contribution in [0.3, 0.4) is 0 Å². The number of anilines is 1. The van der Waals surface area contributed by atoms with Gasteiger partial charge in [0.15, 0.2) is 5.78 Å². The highest BCUT2D eigenvalue weighted by Gasteiger charge is 2.16. The first kappa shape index (κ1) is 13.2. The Morgan fingerprint density at radius 1 is 1.24 bits per heavy atom. The molecule has 5 heteroatoms. The van der Waals surface area contributed by atoms with Gasteiger partial charge in [-0.2, -0.15) is 0 Å². The Balaban J connectivity index is 2.10. The number of ether oxygens (including phenoxy) is 1. The van der Waals surface area contributed by atoms with Gasteiger partial charge in [0.2, 0.25) is 0 Å². The zero-order valence-corrected chi connectivity index (χ0v) is 11.3. The predicted octanol–water partition coefficient (Wildman–Crippen LogP) is 3.13. The molecule has 3 N–H and O–H groups in total. The molecule has 0 aliphatic carbocycles. The Bertz CT molecular complexity index is 839. The summed E-state index contributed by atoms with van der Waals surface area (Å²) >= 11 is 0. The molecule has 0 fully saturated rings. The molecule has 0 atom stereocenters. The average Bonchev–Trinajstić information content (AvgIpc) is 2.92. The number of benzene rings is 2. The Kier molecular flexibility index (Phi) is 3.10. The topological polar surface area (TPSA) is 68.1 Å². The van der Waals surface area contributed by atoms with E-state index in [1.54, 1.807) is 25.4 Å². The Hall–Kier alpha value is -2.82. The Morgan fingerprint density at radius 2 is 2.05 bits per heavy atom. The van der Waals surface area contributed by atoms with Gasteiger partial charge in [-0.25, -0.2) is 4.39 Å². The Labute approximate surface area is 120 Å². The predicted molar refractivity (Wildman–Crippen MR) is 79.1 cm³/mol. The van der Waals surface area contributed by atoms with Crippen molar-refractivity contribution in [3.05, 3.63) is 59.5 Å². The summed E-state index contributed by atoms with van der Waals surface area (Å²) in [7, 11) is 1.56. The van der Waals surface area contributed by atoms with E-state index in [1.165, 1.54) is 12.1 Å². The number of carbonyl (C=O) groups is 1. The third kappa shape index (κ3) is 2.23. The van der Waals surface area contributed by atoms with Crippen LogP contribution in [0.1, 0.15) is 15.9 Å². The molecule has 0 spiro atoms. The molecule has 0 amide bonds. The normalized spacial score (nSPS) is 10.8. The number of fused-ring (bicyclic) bond motifs is 1. The minimum absolute atomic E-state index is 0.0205. The summed E-state index contributed by atoms with van der Waals surface area (Å²) in [5.41, 5.74) is 6.98. The molecule has 0 bridgehead atoms. The standard InChI is InChI=1S/C16H13FN2O2/c1-21-10-3-5-15-11(7-10)12(8-19-15)16(20)9-2-4-14(18)13(17)6-9/h2-8,19H,18H2,1H3. The van der Waals surface area contributed by atoms with Crippen molar-refractivity contribution in [1.29, 1.82) is 0 Å². The number of nitrogen functional groups attached to an aromatic ring is 1. The fourth-order valence-electron chi connectivity index (χ4n) is 2.24. The van der Waals surface area contributed by atoms with Crippen molar-refractivity contribution in [2.45, 2.75) is 0 Å². The third-order valence-corrected chi connectivity index (χ3v) is 3.40. The molecule has 1 aromatic heterocycles. The number of rotatable bonds is 3. The molecule has 0 aliphatic rings. The van der Waals surface area contributed by atoms with Gasteiger partial charge in [-0.3, -0.25) is 4.79 Å². The van der Waals surface area contributed by atoms with Crippen LogP contribution in [0.4, 0.5) is 10.1 Å². The zero-order valence-electron chi connectivity index (χ0n) is 11.3. The summed E-state index contributed by atoms with van der Waals surface area (Å²) in [4.78, 5) is 15.5. The number of hydrogen-bond acceptors (Lipinski definition) is 3. The fraction of sp³-hybridized carbons (Fsp3) is 0.0625. The van der Waals surface area contributed by atoms with Gasteiger partial charge in [-0.05, 0) is 36.4 Å². The number of aromatic nitrogens is 1. The molecule has 3 aromatic rings. The fourth-order valence-corrected chi connectivity index (χ4v) is 2.24. The summed E-state index contributed by atoms with van der Waals surface area (Å²) in [5, 5.41) is 0.733. The van der Waals surface area contributed by atoms with Crippen molar-refractivity contribution in [3.8, 4) is 5.75 Å². The second-order valence-electron chi connectivity index (χ2n) is 4.68. The van der Waals surface area contributed by atoms with E-state index in [2.05, 4.69) is 4.98 Å². The smallest absolute Gasteiger partial charge is 0.195 e. The summed E-state index contributed by atoms with van der Waals surface area (Å²) in [6, 6.07) is 9.45. The number of ketones is 1. The van der Waals surface area contributed by atoms with Crippen molar-refractivity contribution >= 4 is 22.4 Å². The third-order valence-electron chi connectivity index (χ3n) is 3.40. The van der Waals surface area contributed by atoms with Crippen LogP contribution in [0.2, 0.25) is 0 Å². The molecule has 21 heavy (non-hydrogen) atoms. The lowest BCUT2D eigenvalue weighted by Gasteiger charge is -2.03. The van der Waals surface area contributed by atoms with Gasteiger partial charge >= 0.3 is 0 Å². The van der Waals surface area contributed by atoms with E-state index in [9.17, 15) is 9.18 Å². The monoisotopic (exact) mass is 284 g/mol. The zero-order chi connectivity index (χ0) is 15.0. The highest BCUT2D eigenvalue weighted by atomic mass is 19.1. The van der Waals surface area contributed by atoms with Crippen molar-refractivity contribution < 1.29 is 13.9 Å². The van der Waals surface area contributed by atoms with Crippen LogP contribution < -0.4 is 10.5 Å². The van der Waals surface area contributed by atoms with Gasteiger partial charge in [0, 0.05) is 28.2 Å². The van der Waals surface area contributed by atoms with E-state index in [4.69, 9.17) is 10.5 Å². The molecule has 0 radical (unpaired) electrons. The van der Waals surface area contributed by atoms with Crippen molar-refractivity contribution in [1.82, 2.24) is 4.98 Å². The highest BCUT2D eigenvalue weighted by Crippen LogP contribution is 2.26. The second kappa shape index (κ2) is 4.94. The maximum atomic E-state index is 13.5. The maximum absolute atomic E-state index is 13.5. The summed E-state index contributed by atoms with van der Waals surface area (Å²) in [6.07, 6.45) is 1.61. The average molecular weight is 284 g/mol. The summed E-state index contributed by atoms with van der Waals surface area (Å²) in [5.74, 6) is -0.216. The first-order valence-corrected chi connectivity index (χ1v) is 6.35. The molecule has 0 unspecified atom stereocenters. The molecule has 0 saturated heterocycles. The molecule has 4 nitrogen and oxygen atoms in total. The highest BCUT2D eigenvalue weighted by molar-refractivity contribution is 6.16. The van der Waals surface area contributed by atoms with Crippen LogP contribution in [0, 0.1) is 5.82 Å². The van der Waals surface area contributed by atoms with E-state index in [0.29, 0.717) is 11.3 Å². The number of nitrogens with two attached hydrogens (primary N) is 1. The van der Waals surface area contributed by atoms with Crippen LogP contribution in [0.25, 0.3) is 10.9 Å². The molecule has 106 valence electrons. The minimum Gasteiger partial charge on any atom is -0.497 e. The van der Waals surface area contributed by atoms with E-state index in [0.717, 1.165) is 17.0 Å². The number of hydrogen-bond donors (Lipinski definition) is 2. The molecule has 0 aliphatic heterocycles. The Morgan fingerprint density at radius 3 is 2.76 bits per heavy atom. The lowest BCUT2D eigenvalue weighted by atomic mass is 10.0. The number of halogens is 1. The molecule has 3 rings (SSSR count). The summed E-state index contributed by atoms with van der Waals surface area (Å²) < 4.78 is 18.7. The van der Waals surface area contributed by atoms with E-state index in [-0.39, 0.29) is 17.0 Å². The molecule has 0 saturated carbocycles. The molecule has 1 heterocycles. The van der Waals surface area contributed by atoms with Crippen LogP contribution in [0.5, 0.6) is 5.75 Å².